The Bertz CT molecular complexity index is 644. The van der Waals surface area contributed by atoms with Gasteiger partial charge in [-0.2, -0.15) is 0 Å². The van der Waals surface area contributed by atoms with Gasteiger partial charge in [0.15, 0.2) is 8.07 Å². The fourth-order valence-corrected chi connectivity index (χ4v) is 9.91. The van der Waals surface area contributed by atoms with Gasteiger partial charge in [0.25, 0.3) is 0 Å². The number of allylic oxidation sites excluding steroid dienone is 1. The molecule has 0 aliphatic carbocycles. The quantitative estimate of drug-likeness (QED) is 0.552. The van der Waals surface area contributed by atoms with E-state index in [0.717, 1.165) is 0 Å². The number of hydrogen-bond acceptors (Lipinski definition) is 0. The van der Waals surface area contributed by atoms with Gasteiger partial charge in [-0.3, -0.25) is 0 Å². The van der Waals surface area contributed by atoms with Crippen molar-refractivity contribution in [2.45, 2.75) is 39.7 Å². The molecule has 0 spiro atoms. The highest BCUT2D eigenvalue weighted by Crippen LogP contribution is 2.42. The van der Waals surface area contributed by atoms with E-state index in [1.54, 1.807) is 0 Å². The van der Waals surface area contributed by atoms with Crippen molar-refractivity contribution in [1.29, 1.82) is 0 Å². The van der Waals surface area contributed by atoms with E-state index in [1.807, 2.05) is 0 Å². The van der Waals surface area contributed by atoms with Crippen LogP contribution in [0.15, 0.2) is 78.2 Å². The first kappa shape index (κ1) is 17.5. The van der Waals surface area contributed by atoms with Gasteiger partial charge in [-0.1, -0.05) is 102 Å². The van der Waals surface area contributed by atoms with Crippen molar-refractivity contribution in [3.63, 3.8) is 0 Å². The second-order valence-electron chi connectivity index (χ2n) is 7.48. The first-order valence-corrected chi connectivity index (χ1v) is 10.4. The van der Waals surface area contributed by atoms with Gasteiger partial charge in [0.1, 0.15) is 0 Å². The van der Waals surface area contributed by atoms with Crippen molar-refractivity contribution in [2.24, 2.45) is 5.92 Å². The predicted octanol–water partition coefficient (Wildman–Crippen LogP) is 4.96. The summed E-state index contributed by atoms with van der Waals surface area (Å²) in [7, 11) is -2.20. The van der Waals surface area contributed by atoms with E-state index in [0.29, 0.717) is 5.92 Å². The SMILES string of the molecule is C=C=C(C(C)C)[Si](c1ccccc1)(c1ccccc1)C(C)(C)C. The molecule has 0 saturated carbocycles. The molecule has 0 aliphatic rings. The summed E-state index contributed by atoms with van der Waals surface area (Å²) in [6.45, 7) is 15.7. The third-order valence-electron chi connectivity index (χ3n) is 4.71. The molecule has 23 heavy (non-hydrogen) atoms. The van der Waals surface area contributed by atoms with Gasteiger partial charge >= 0.3 is 0 Å². The molecule has 0 aromatic heterocycles. The first-order chi connectivity index (χ1) is 10.9. The molecule has 2 aromatic carbocycles. The lowest BCUT2D eigenvalue weighted by Crippen LogP contribution is -2.66. The lowest BCUT2D eigenvalue weighted by Gasteiger charge is -2.46. The average molecular weight is 321 g/mol. The molecule has 0 N–H and O–H groups in total. The number of hydrogen-bond donors (Lipinski definition) is 0. The van der Waals surface area contributed by atoms with Crippen LogP contribution in [-0.2, 0) is 0 Å². The topological polar surface area (TPSA) is 0 Å². The number of benzene rings is 2. The Labute approximate surface area is 142 Å². The Hall–Kier alpha value is -1.82. The largest absolute Gasteiger partial charge is 0.158 e. The molecule has 0 heterocycles. The normalized spacial score (nSPS) is 12.1. The smallest absolute Gasteiger partial charge is 0.133 e. The summed E-state index contributed by atoms with van der Waals surface area (Å²) in [5, 5.41) is 4.40. The predicted molar refractivity (Wildman–Crippen MR) is 105 cm³/mol. The second kappa shape index (κ2) is 6.74. The zero-order chi connectivity index (χ0) is 17.1. The molecule has 0 aliphatic heterocycles. The molecule has 1 heteroatoms. The molecule has 0 fully saturated rings. The lowest BCUT2D eigenvalue weighted by molar-refractivity contribution is 0.713. The minimum atomic E-state index is -2.20. The van der Waals surface area contributed by atoms with Gasteiger partial charge < -0.3 is 0 Å². The van der Waals surface area contributed by atoms with E-state index < -0.39 is 8.07 Å². The van der Waals surface area contributed by atoms with E-state index in [4.69, 9.17) is 0 Å². The summed E-state index contributed by atoms with van der Waals surface area (Å²) in [5.74, 6) is 0.429. The van der Waals surface area contributed by atoms with E-state index in [-0.39, 0.29) is 5.04 Å². The summed E-state index contributed by atoms with van der Waals surface area (Å²) in [4.78, 5) is 0. The van der Waals surface area contributed by atoms with E-state index in [2.05, 4.69) is 108 Å². The van der Waals surface area contributed by atoms with Gasteiger partial charge in [0.2, 0.25) is 0 Å². The Balaban J connectivity index is 2.95. The minimum Gasteiger partial charge on any atom is -0.133 e. The molecule has 0 bridgehead atoms. The van der Waals surface area contributed by atoms with Crippen LogP contribution in [0.1, 0.15) is 34.6 Å². The molecule has 0 amide bonds. The maximum absolute atomic E-state index is 4.09. The third-order valence-corrected chi connectivity index (χ3v) is 10.9. The summed E-state index contributed by atoms with van der Waals surface area (Å²) in [6.07, 6.45) is 0. The highest BCUT2D eigenvalue weighted by atomic mass is 28.3. The molecular formula is C22H28Si. The van der Waals surface area contributed by atoms with Gasteiger partial charge in [-0.05, 0) is 26.5 Å². The molecule has 0 nitrogen and oxygen atoms in total. The van der Waals surface area contributed by atoms with Crippen LogP contribution in [0, 0.1) is 5.92 Å². The Kier molecular flexibility index (Phi) is 5.14. The molecular weight excluding hydrogens is 292 g/mol. The van der Waals surface area contributed by atoms with Crippen LogP contribution >= 0.6 is 0 Å². The Morgan fingerprint density at radius 2 is 1.26 bits per heavy atom. The third kappa shape index (κ3) is 3.00. The van der Waals surface area contributed by atoms with Crippen LogP contribution in [0.2, 0.25) is 5.04 Å². The standard InChI is InChI=1S/C22H28Si/c1-7-21(18(2)3)23(22(4,5)6,19-14-10-8-11-15-19)20-16-12-9-13-17-20/h8-18H,1H2,2-6H3. The van der Waals surface area contributed by atoms with Crippen LogP contribution in [0.3, 0.4) is 0 Å². The molecule has 0 saturated heterocycles. The van der Waals surface area contributed by atoms with Crippen LogP contribution in [0.25, 0.3) is 0 Å². The summed E-state index contributed by atoms with van der Waals surface area (Å²) in [5.41, 5.74) is 3.37. The van der Waals surface area contributed by atoms with Gasteiger partial charge in [-0.15, -0.1) is 5.73 Å². The van der Waals surface area contributed by atoms with Crippen molar-refractivity contribution < 1.29 is 0 Å². The molecule has 2 aromatic rings. The number of rotatable bonds is 4. The lowest BCUT2D eigenvalue weighted by atomic mass is 10.2. The van der Waals surface area contributed by atoms with Gasteiger partial charge in [0.05, 0.1) is 0 Å². The summed E-state index contributed by atoms with van der Waals surface area (Å²) in [6, 6.07) is 22.0. The highest BCUT2D eigenvalue weighted by Gasteiger charge is 2.51. The highest BCUT2D eigenvalue weighted by molar-refractivity contribution is 7.09. The monoisotopic (exact) mass is 320 g/mol. The fourth-order valence-electron chi connectivity index (χ4n) is 3.89. The zero-order valence-electron chi connectivity index (χ0n) is 15.1. The van der Waals surface area contributed by atoms with Gasteiger partial charge in [0, 0.05) is 0 Å². The second-order valence-corrected chi connectivity index (χ2v) is 12.2. The molecule has 0 radical (unpaired) electrons. The maximum atomic E-state index is 4.09. The first-order valence-electron chi connectivity index (χ1n) is 8.37. The van der Waals surface area contributed by atoms with E-state index in [9.17, 15) is 0 Å². The van der Waals surface area contributed by atoms with E-state index in [1.165, 1.54) is 15.6 Å². The average Bonchev–Trinajstić information content (AvgIpc) is 2.52. The van der Waals surface area contributed by atoms with Crippen LogP contribution in [-0.4, -0.2) is 8.07 Å². The van der Waals surface area contributed by atoms with Crippen molar-refractivity contribution in [1.82, 2.24) is 0 Å². The Morgan fingerprint density at radius 1 is 0.870 bits per heavy atom. The van der Waals surface area contributed by atoms with Crippen LogP contribution < -0.4 is 10.4 Å². The van der Waals surface area contributed by atoms with E-state index >= 15 is 0 Å². The van der Waals surface area contributed by atoms with Crippen molar-refractivity contribution in [3.8, 4) is 0 Å². The molecule has 2 rings (SSSR count). The Morgan fingerprint density at radius 3 is 1.52 bits per heavy atom. The molecule has 0 unspecified atom stereocenters. The van der Waals surface area contributed by atoms with Crippen LogP contribution in [0.5, 0.6) is 0 Å². The molecule has 120 valence electrons. The molecule has 0 atom stereocenters. The summed E-state index contributed by atoms with van der Waals surface area (Å²) >= 11 is 0. The minimum absolute atomic E-state index is 0.125. The van der Waals surface area contributed by atoms with Crippen molar-refractivity contribution in [3.05, 3.63) is 78.2 Å². The fraction of sp³-hybridized carbons (Fsp3) is 0.318. The van der Waals surface area contributed by atoms with Crippen molar-refractivity contribution in [2.75, 3.05) is 0 Å². The van der Waals surface area contributed by atoms with Crippen molar-refractivity contribution >= 4 is 18.4 Å². The zero-order valence-corrected chi connectivity index (χ0v) is 16.1. The summed E-state index contributed by atoms with van der Waals surface area (Å²) < 4.78 is 0. The van der Waals surface area contributed by atoms with Crippen LogP contribution in [0.4, 0.5) is 0 Å². The maximum Gasteiger partial charge on any atom is 0.158 e. The van der Waals surface area contributed by atoms with Gasteiger partial charge in [-0.25, -0.2) is 0 Å².